The zero-order chi connectivity index (χ0) is 10.6. The molecule has 1 aromatic rings. The Balaban J connectivity index is 2.50. The molecule has 0 saturated heterocycles. The van der Waals surface area contributed by atoms with Crippen LogP contribution in [0.4, 0.5) is 10.5 Å². The number of rotatable bonds is 1. The third kappa shape index (κ3) is 3.84. The standard InChI is InChI=1S/C9H12N3O2/c1-9(2,3)14-8(13)12-7-4-5-10-11-6-7/h4-5H,1-3H3,(H,10,12,13). The van der Waals surface area contributed by atoms with Crippen molar-refractivity contribution < 1.29 is 9.53 Å². The molecule has 0 spiro atoms. The number of nitrogens with one attached hydrogen (secondary N) is 1. The minimum atomic E-state index is -0.526. The summed E-state index contributed by atoms with van der Waals surface area (Å²) in [7, 11) is 0. The summed E-state index contributed by atoms with van der Waals surface area (Å²) in [5, 5.41) is 9.50. The predicted octanol–water partition coefficient (Wildman–Crippen LogP) is 1.62. The van der Waals surface area contributed by atoms with E-state index in [-0.39, 0.29) is 0 Å². The monoisotopic (exact) mass is 194 g/mol. The quantitative estimate of drug-likeness (QED) is 0.737. The van der Waals surface area contributed by atoms with Gasteiger partial charge in [0.15, 0.2) is 0 Å². The van der Waals surface area contributed by atoms with Crippen LogP contribution in [0.15, 0.2) is 12.3 Å². The van der Waals surface area contributed by atoms with Gasteiger partial charge >= 0.3 is 6.09 Å². The number of nitrogens with zero attached hydrogens (tertiary/aromatic N) is 2. The SMILES string of the molecule is CC(C)(C)OC(=O)Nc1[c]nncc1. The van der Waals surface area contributed by atoms with Crippen LogP contribution in [0.5, 0.6) is 0 Å². The maximum atomic E-state index is 11.2. The Morgan fingerprint density at radius 2 is 2.29 bits per heavy atom. The van der Waals surface area contributed by atoms with E-state index in [4.69, 9.17) is 4.74 Å². The molecule has 0 bridgehead atoms. The summed E-state index contributed by atoms with van der Waals surface area (Å²) in [5.41, 5.74) is -0.0703. The van der Waals surface area contributed by atoms with E-state index in [1.54, 1.807) is 26.8 Å². The van der Waals surface area contributed by atoms with Crippen molar-refractivity contribution in [3.8, 4) is 0 Å². The Labute approximate surface area is 82.5 Å². The van der Waals surface area contributed by atoms with E-state index in [0.717, 1.165) is 0 Å². The van der Waals surface area contributed by atoms with Crippen LogP contribution in [0.3, 0.4) is 0 Å². The van der Waals surface area contributed by atoms with Crippen LogP contribution in [-0.2, 0) is 4.74 Å². The molecule has 0 aliphatic rings. The van der Waals surface area contributed by atoms with Gasteiger partial charge in [0, 0.05) is 0 Å². The third-order valence-corrected chi connectivity index (χ3v) is 1.17. The lowest BCUT2D eigenvalue weighted by molar-refractivity contribution is 0.0636. The van der Waals surface area contributed by atoms with Crippen LogP contribution in [0.1, 0.15) is 20.8 Å². The van der Waals surface area contributed by atoms with Gasteiger partial charge < -0.3 is 4.74 Å². The molecule has 5 nitrogen and oxygen atoms in total. The number of amides is 1. The highest BCUT2D eigenvalue weighted by molar-refractivity contribution is 5.84. The highest BCUT2D eigenvalue weighted by atomic mass is 16.6. The molecule has 5 heteroatoms. The molecule has 1 aromatic heterocycles. The second kappa shape index (κ2) is 4.04. The average Bonchev–Trinajstić information content (AvgIpc) is 2.02. The average molecular weight is 194 g/mol. The van der Waals surface area contributed by atoms with E-state index in [1.807, 2.05) is 0 Å². The molecule has 0 atom stereocenters. The Morgan fingerprint density at radius 1 is 1.57 bits per heavy atom. The molecule has 75 valence electrons. The van der Waals surface area contributed by atoms with Gasteiger partial charge in [-0.2, -0.15) is 5.10 Å². The van der Waals surface area contributed by atoms with Crippen LogP contribution in [0, 0.1) is 6.20 Å². The minimum Gasteiger partial charge on any atom is -0.444 e. The number of ether oxygens (including phenoxy) is 1. The van der Waals surface area contributed by atoms with Crippen LogP contribution < -0.4 is 5.32 Å². The lowest BCUT2D eigenvalue weighted by Crippen LogP contribution is -2.27. The normalized spacial score (nSPS) is 10.8. The molecule has 1 N–H and O–H groups in total. The van der Waals surface area contributed by atoms with E-state index in [1.165, 1.54) is 6.20 Å². The maximum Gasteiger partial charge on any atom is 0.412 e. The number of anilines is 1. The van der Waals surface area contributed by atoms with Crippen molar-refractivity contribution in [1.82, 2.24) is 10.2 Å². The Hall–Kier alpha value is -1.65. The first-order valence-corrected chi connectivity index (χ1v) is 4.17. The van der Waals surface area contributed by atoms with Crippen LogP contribution in [0.2, 0.25) is 0 Å². The fraction of sp³-hybridized carbons (Fsp3) is 0.444. The van der Waals surface area contributed by atoms with Crippen molar-refractivity contribution in [2.24, 2.45) is 0 Å². The second-order valence-electron chi connectivity index (χ2n) is 3.68. The molecule has 0 fully saturated rings. The van der Waals surface area contributed by atoms with Crippen LogP contribution in [-0.4, -0.2) is 21.9 Å². The van der Waals surface area contributed by atoms with Gasteiger partial charge in [0.2, 0.25) is 0 Å². The van der Waals surface area contributed by atoms with E-state index in [9.17, 15) is 4.79 Å². The van der Waals surface area contributed by atoms with E-state index in [2.05, 4.69) is 21.7 Å². The molecule has 0 aliphatic heterocycles. The second-order valence-corrected chi connectivity index (χ2v) is 3.68. The number of carbonyl (C=O) groups is 1. The summed E-state index contributed by atoms with van der Waals surface area (Å²) in [6.07, 6.45) is 3.45. The summed E-state index contributed by atoms with van der Waals surface area (Å²) < 4.78 is 5.02. The fourth-order valence-corrected chi connectivity index (χ4v) is 0.744. The fourth-order valence-electron chi connectivity index (χ4n) is 0.744. The van der Waals surface area contributed by atoms with Gasteiger partial charge in [-0.25, -0.2) is 4.79 Å². The minimum absolute atomic E-state index is 0.439. The Bertz CT molecular complexity index is 306. The third-order valence-electron chi connectivity index (χ3n) is 1.17. The smallest absolute Gasteiger partial charge is 0.412 e. The number of carbonyl (C=O) groups excluding carboxylic acids is 1. The van der Waals surface area contributed by atoms with E-state index in [0.29, 0.717) is 5.69 Å². The molecule has 0 aliphatic carbocycles. The molecule has 1 heterocycles. The first kappa shape index (κ1) is 10.4. The molecule has 14 heavy (non-hydrogen) atoms. The lowest BCUT2D eigenvalue weighted by Gasteiger charge is -2.19. The van der Waals surface area contributed by atoms with Crippen molar-refractivity contribution in [3.05, 3.63) is 18.5 Å². The molecule has 1 amide bonds. The van der Waals surface area contributed by atoms with Gasteiger partial charge in [-0.15, -0.1) is 5.10 Å². The topological polar surface area (TPSA) is 64.1 Å². The van der Waals surface area contributed by atoms with Gasteiger partial charge in [0.05, 0.1) is 11.9 Å². The van der Waals surface area contributed by atoms with E-state index >= 15 is 0 Å². The number of aromatic nitrogens is 2. The molecule has 0 aromatic carbocycles. The molecule has 1 radical (unpaired) electrons. The number of hydrogen-bond donors (Lipinski definition) is 1. The summed E-state index contributed by atoms with van der Waals surface area (Å²) >= 11 is 0. The van der Waals surface area contributed by atoms with Gasteiger partial charge in [0.25, 0.3) is 0 Å². The van der Waals surface area contributed by atoms with Crippen molar-refractivity contribution in [2.75, 3.05) is 5.32 Å². The zero-order valence-corrected chi connectivity index (χ0v) is 8.37. The van der Waals surface area contributed by atoms with Crippen molar-refractivity contribution >= 4 is 11.8 Å². The van der Waals surface area contributed by atoms with Crippen molar-refractivity contribution in [3.63, 3.8) is 0 Å². The van der Waals surface area contributed by atoms with Crippen molar-refractivity contribution in [2.45, 2.75) is 26.4 Å². The van der Waals surface area contributed by atoms with Crippen molar-refractivity contribution in [1.29, 1.82) is 0 Å². The van der Waals surface area contributed by atoms with Crippen LogP contribution >= 0.6 is 0 Å². The largest absolute Gasteiger partial charge is 0.444 e. The Morgan fingerprint density at radius 3 is 2.79 bits per heavy atom. The molecular weight excluding hydrogens is 182 g/mol. The van der Waals surface area contributed by atoms with Gasteiger partial charge in [-0.3, -0.25) is 5.32 Å². The van der Waals surface area contributed by atoms with Gasteiger partial charge in [-0.05, 0) is 26.8 Å². The maximum absolute atomic E-state index is 11.2. The summed E-state index contributed by atoms with van der Waals surface area (Å²) in [4.78, 5) is 11.2. The summed E-state index contributed by atoms with van der Waals surface area (Å²) in [6, 6.07) is 1.58. The lowest BCUT2D eigenvalue weighted by atomic mass is 10.2. The Kier molecular flexibility index (Phi) is 3.01. The molecular formula is C9H12N3O2. The highest BCUT2D eigenvalue weighted by Crippen LogP contribution is 2.09. The summed E-state index contributed by atoms with van der Waals surface area (Å²) in [6.45, 7) is 5.38. The van der Waals surface area contributed by atoms with Gasteiger partial charge in [0.1, 0.15) is 11.8 Å². The van der Waals surface area contributed by atoms with Gasteiger partial charge in [-0.1, -0.05) is 0 Å². The molecule has 0 saturated carbocycles. The first-order chi connectivity index (χ1) is 6.47. The highest BCUT2D eigenvalue weighted by Gasteiger charge is 2.16. The zero-order valence-electron chi connectivity index (χ0n) is 8.37. The molecule has 0 unspecified atom stereocenters. The predicted molar refractivity (Wildman–Crippen MR) is 50.7 cm³/mol. The van der Waals surface area contributed by atoms with Crippen LogP contribution in [0.25, 0.3) is 0 Å². The van der Waals surface area contributed by atoms with E-state index < -0.39 is 11.7 Å². The molecule has 1 rings (SSSR count). The first-order valence-electron chi connectivity index (χ1n) is 4.17. The number of hydrogen-bond acceptors (Lipinski definition) is 4. The summed E-state index contributed by atoms with van der Waals surface area (Å²) in [5.74, 6) is 0.